The van der Waals surface area contributed by atoms with Gasteiger partial charge in [0.25, 0.3) is 0 Å². The normalized spacial score (nSPS) is 10.2. The molecule has 6 nitrogen and oxygen atoms in total. The van der Waals surface area contributed by atoms with E-state index in [0.29, 0.717) is 22.1 Å². The van der Waals surface area contributed by atoms with E-state index in [1.54, 1.807) is 42.5 Å². The van der Waals surface area contributed by atoms with Crippen molar-refractivity contribution in [2.24, 2.45) is 0 Å². The van der Waals surface area contributed by atoms with Gasteiger partial charge in [-0.3, -0.25) is 14.4 Å². The molecule has 2 rings (SSSR count). The molecule has 3 amide bonds. The Morgan fingerprint density at radius 2 is 1.54 bits per heavy atom. The van der Waals surface area contributed by atoms with Crippen molar-refractivity contribution in [2.75, 3.05) is 22.1 Å². The van der Waals surface area contributed by atoms with Crippen LogP contribution in [0.15, 0.2) is 42.5 Å². The van der Waals surface area contributed by atoms with Gasteiger partial charge in [0.05, 0.1) is 0 Å². The lowest BCUT2D eigenvalue weighted by Gasteiger charge is -2.23. The van der Waals surface area contributed by atoms with E-state index in [-0.39, 0.29) is 24.3 Å². The molecule has 0 unspecified atom stereocenters. The first-order valence-corrected chi connectivity index (χ1v) is 8.36. The molecule has 2 aromatic rings. The molecule has 0 saturated carbocycles. The van der Waals surface area contributed by atoms with E-state index >= 15 is 0 Å². The number of nitrogens with one attached hydrogen (secondary N) is 2. The van der Waals surface area contributed by atoms with Crippen LogP contribution in [0.25, 0.3) is 0 Å². The van der Waals surface area contributed by atoms with Crippen LogP contribution in [0, 0.1) is 6.92 Å². The fraction of sp³-hybridized carbons (Fsp3) is 0.211. The average molecular weight is 374 g/mol. The maximum Gasteiger partial charge on any atom is 0.244 e. The fourth-order valence-corrected chi connectivity index (χ4v) is 2.59. The van der Waals surface area contributed by atoms with Gasteiger partial charge in [-0.25, -0.2) is 0 Å². The fourth-order valence-electron chi connectivity index (χ4n) is 2.42. The molecule has 0 aliphatic rings. The van der Waals surface area contributed by atoms with Gasteiger partial charge in [-0.15, -0.1) is 0 Å². The molecule has 136 valence electrons. The molecule has 0 aliphatic carbocycles. The molecule has 26 heavy (non-hydrogen) atoms. The molecule has 2 aromatic carbocycles. The van der Waals surface area contributed by atoms with Gasteiger partial charge in [0, 0.05) is 35.9 Å². The standard InChI is InChI=1S/C19H20ClN3O3/c1-12-4-5-15(20)10-18(12)23(14(3)25)11-19(26)22-17-8-6-16(7-9-17)21-13(2)24/h4-10H,11H2,1-3H3,(H,21,24)(H,22,26). The van der Waals surface area contributed by atoms with E-state index in [1.165, 1.54) is 18.7 Å². The molecule has 0 spiro atoms. The van der Waals surface area contributed by atoms with Crippen molar-refractivity contribution in [3.63, 3.8) is 0 Å². The Balaban J connectivity index is 2.09. The van der Waals surface area contributed by atoms with Gasteiger partial charge in [0.1, 0.15) is 6.54 Å². The Hall–Kier alpha value is -2.86. The molecule has 0 fully saturated rings. The zero-order valence-corrected chi connectivity index (χ0v) is 15.6. The number of hydrogen-bond acceptors (Lipinski definition) is 3. The van der Waals surface area contributed by atoms with E-state index in [1.807, 2.05) is 6.92 Å². The summed E-state index contributed by atoms with van der Waals surface area (Å²) in [6.45, 7) is 4.53. The number of benzene rings is 2. The van der Waals surface area contributed by atoms with Crippen LogP contribution in [0.1, 0.15) is 19.4 Å². The maximum absolute atomic E-state index is 12.4. The lowest BCUT2D eigenvalue weighted by Crippen LogP contribution is -2.37. The minimum Gasteiger partial charge on any atom is -0.326 e. The van der Waals surface area contributed by atoms with Crippen LogP contribution in [0.3, 0.4) is 0 Å². The zero-order chi connectivity index (χ0) is 19.3. The molecule has 0 bridgehead atoms. The van der Waals surface area contributed by atoms with Crippen molar-refractivity contribution in [2.45, 2.75) is 20.8 Å². The second-order valence-electron chi connectivity index (χ2n) is 5.84. The van der Waals surface area contributed by atoms with Gasteiger partial charge in [-0.1, -0.05) is 17.7 Å². The van der Waals surface area contributed by atoms with Crippen LogP contribution in [-0.4, -0.2) is 24.3 Å². The number of carbonyl (C=O) groups is 3. The lowest BCUT2D eigenvalue weighted by molar-refractivity contribution is -0.120. The monoisotopic (exact) mass is 373 g/mol. The van der Waals surface area contributed by atoms with Crippen LogP contribution >= 0.6 is 11.6 Å². The summed E-state index contributed by atoms with van der Waals surface area (Å²) in [5, 5.41) is 5.87. The van der Waals surface area contributed by atoms with E-state index in [9.17, 15) is 14.4 Å². The van der Waals surface area contributed by atoms with Crippen molar-refractivity contribution in [3.8, 4) is 0 Å². The average Bonchev–Trinajstić information content (AvgIpc) is 2.56. The SMILES string of the molecule is CC(=O)Nc1ccc(NC(=O)CN(C(C)=O)c2cc(Cl)ccc2C)cc1. The van der Waals surface area contributed by atoms with Gasteiger partial charge < -0.3 is 15.5 Å². The molecule has 0 radical (unpaired) electrons. The van der Waals surface area contributed by atoms with Crippen LogP contribution < -0.4 is 15.5 Å². The predicted molar refractivity (Wildman–Crippen MR) is 104 cm³/mol. The minimum absolute atomic E-state index is 0.135. The molecule has 0 saturated heterocycles. The van der Waals surface area contributed by atoms with Crippen molar-refractivity contribution in [1.29, 1.82) is 0 Å². The maximum atomic E-state index is 12.4. The first-order chi connectivity index (χ1) is 12.3. The number of aryl methyl sites for hydroxylation is 1. The van der Waals surface area contributed by atoms with E-state index < -0.39 is 0 Å². The summed E-state index contributed by atoms with van der Waals surface area (Å²) in [6.07, 6.45) is 0. The summed E-state index contributed by atoms with van der Waals surface area (Å²) in [5.74, 6) is -0.769. The van der Waals surface area contributed by atoms with Crippen LogP contribution in [0.5, 0.6) is 0 Å². The summed E-state index contributed by atoms with van der Waals surface area (Å²) in [5.41, 5.74) is 2.64. The van der Waals surface area contributed by atoms with Gasteiger partial charge >= 0.3 is 0 Å². The largest absolute Gasteiger partial charge is 0.326 e. The van der Waals surface area contributed by atoms with E-state index in [2.05, 4.69) is 10.6 Å². The minimum atomic E-state index is -0.341. The number of carbonyl (C=O) groups excluding carboxylic acids is 3. The van der Waals surface area contributed by atoms with Crippen molar-refractivity contribution >= 4 is 46.4 Å². The molecular weight excluding hydrogens is 354 g/mol. The smallest absolute Gasteiger partial charge is 0.244 e. The number of amides is 3. The number of halogens is 1. The summed E-state index contributed by atoms with van der Waals surface area (Å²) >= 11 is 6.01. The third kappa shape index (κ3) is 5.32. The van der Waals surface area contributed by atoms with Crippen molar-refractivity contribution in [3.05, 3.63) is 53.1 Å². The molecular formula is C19H20ClN3O3. The summed E-state index contributed by atoms with van der Waals surface area (Å²) in [6, 6.07) is 11.9. The van der Waals surface area contributed by atoms with Crippen LogP contribution in [-0.2, 0) is 14.4 Å². The van der Waals surface area contributed by atoms with Crippen molar-refractivity contribution in [1.82, 2.24) is 0 Å². The number of hydrogen-bond donors (Lipinski definition) is 2. The Kier molecular flexibility index (Phi) is 6.36. The Morgan fingerprint density at radius 1 is 0.962 bits per heavy atom. The van der Waals surface area contributed by atoms with Gasteiger partial charge in [0.2, 0.25) is 17.7 Å². The second kappa shape index (κ2) is 8.49. The van der Waals surface area contributed by atoms with E-state index in [4.69, 9.17) is 11.6 Å². The van der Waals surface area contributed by atoms with Gasteiger partial charge in [-0.05, 0) is 48.9 Å². The highest BCUT2D eigenvalue weighted by Crippen LogP contribution is 2.24. The summed E-state index contributed by atoms with van der Waals surface area (Å²) in [4.78, 5) is 36.8. The number of anilines is 3. The quantitative estimate of drug-likeness (QED) is 0.840. The molecule has 0 atom stereocenters. The topological polar surface area (TPSA) is 78.5 Å². The second-order valence-corrected chi connectivity index (χ2v) is 6.28. The highest BCUT2D eigenvalue weighted by atomic mass is 35.5. The first-order valence-electron chi connectivity index (χ1n) is 7.98. The third-order valence-corrected chi connectivity index (χ3v) is 3.87. The first kappa shape index (κ1) is 19.5. The summed E-state index contributed by atoms with van der Waals surface area (Å²) in [7, 11) is 0. The Bertz CT molecular complexity index is 834. The summed E-state index contributed by atoms with van der Waals surface area (Å²) < 4.78 is 0. The van der Waals surface area contributed by atoms with E-state index in [0.717, 1.165) is 5.56 Å². The molecule has 7 heteroatoms. The lowest BCUT2D eigenvalue weighted by atomic mass is 10.1. The molecule has 0 heterocycles. The molecule has 0 aromatic heterocycles. The highest BCUT2D eigenvalue weighted by Gasteiger charge is 2.18. The van der Waals surface area contributed by atoms with Crippen LogP contribution in [0.2, 0.25) is 5.02 Å². The zero-order valence-electron chi connectivity index (χ0n) is 14.8. The van der Waals surface area contributed by atoms with Crippen LogP contribution in [0.4, 0.5) is 17.1 Å². The molecule has 0 aliphatic heterocycles. The highest BCUT2D eigenvalue weighted by molar-refractivity contribution is 6.31. The third-order valence-electron chi connectivity index (χ3n) is 3.63. The van der Waals surface area contributed by atoms with Gasteiger partial charge in [0.15, 0.2) is 0 Å². The Labute approximate surface area is 157 Å². The predicted octanol–water partition coefficient (Wildman–Crippen LogP) is 3.60. The number of rotatable bonds is 5. The van der Waals surface area contributed by atoms with Crippen molar-refractivity contribution < 1.29 is 14.4 Å². The molecule has 2 N–H and O–H groups in total. The number of nitrogens with zero attached hydrogens (tertiary/aromatic N) is 1. The Morgan fingerprint density at radius 3 is 2.08 bits per heavy atom. The van der Waals surface area contributed by atoms with Gasteiger partial charge in [-0.2, -0.15) is 0 Å².